The van der Waals surface area contributed by atoms with Gasteiger partial charge in [-0.05, 0) is 18.1 Å². The fraction of sp³-hybridized carbons (Fsp3) is 0.462. The predicted octanol–water partition coefficient (Wildman–Crippen LogP) is 4.53. The molecule has 0 bridgehead atoms. The summed E-state index contributed by atoms with van der Waals surface area (Å²) in [7, 11) is 0. The first kappa shape index (κ1) is 12.1. The first-order valence-electron chi connectivity index (χ1n) is 5.43. The van der Waals surface area contributed by atoms with E-state index in [1.54, 1.807) is 0 Å². The minimum absolute atomic E-state index is 0.0507. The van der Waals surface area contributed by atoms with Crippen LogP contribution in [0.1, 0.15) is 44.1 Å². The quantitative estimate of drug-likeness (QED) is 0.671. The average Bonchev–Trinajstić information content (AvgIpc) is 2.26. The lowest BCUT2D eigenvalue weighted by atomic mass is 9.94. The Morgan fingerprint density at radius 1 is 1.33 bits per heavy atom. The zero-order chi connectivity index (χ0) is 11.1. The Morgan fingerprint density at radius 2 is 2.07 bits per heavy atom. The van der Waals surface area contributed by atoms with Gasteiger partial charge in [-0.2, -0.15) is 5.26 Å². The molecule has 0 fully saturated rings. The monoisotopic (exact) mass is 221 g/mol. The van der Waals surface area contributed by atoms with E-state index in [0.717, 1.165) is 18.4 Å². The van der Waals surface area contributed by atoms with E-state index in [9.17, 15) is 0 Å². The van der Waals surface area contributed by atoms with Crippen LogP contribution in [0, 0.1) is 11.3 Å². The van der Waals surface area contributed by atoms with Crippen molar-refractivity contribution in [3.8, 4) is 6.07 Å². The van der Waals surface area contributed by atoms with Crippen LogP contribution in [0.3, 0.4) is 0 Å². The standard InChI is InChI=1S/C13H16ClN/c1-2-3-4-7-11(10-15)12-8-5-6-9-13(12)14/h5-6,8-9,11H,2-4,7H2,1H3/t11-/m1/s1. The Balaban J connectivity index is 2.67. The maximum absolute atomic E-state index is 9.09. The molecule has 2 heteroatoms. The van der Waals surface area contributed by atoms with Crippen LogP contribution >= 0.6 is 11.6 Å². The molecule has 0 saturated heterocycles. The van der Waals surface area contributed by atoms with Gasteiger partial charge in [-0.25, -0.2) is 0 Å². The molecule has 1 aromatic carbocycles. The smallest absolute Gasteiger partial charge is 0.0727 e. The van der Waals surface area contributed by atoms with Crippen molar-refractivity contribution in [2.24, 2.45) is 0 Å². The fourth-order valence-corrected chi connectivity index (χ4v) is 1.91. The number of nitrogens with zero attached hydrogens (tertiary/aromatic N) is 1. The fourth-order valence-electron chi connectivity index (χ4n) is 1.65. The molecule has 0 aromatic heterocycles. The summed E-state index contributed by atoms with van der Waals surface area (Å²) in [5, 5.41) is 9.80. The molecule has 0 radical (unpaired) electrons. The van der Waals surface area contributed by atoms with E-state index in [2.05, 4.69) is 13.0 Å². The van der Waals surface area contributed by atoms with Crippen molar-refractivity contribution in [2.45, 2.75) is 38.5 Å². The van der Waals surface area contributed by atoms with Gasteiger partial charge in [0, 0.05) is 5.02 Å². The average molecular weight is 222 g/mol. The Labute approximate surface area is 96.7 Å². The molecular formula is C13H16ClN. The van der Waals surface area contributed by atoms with Gasteiger partial charge in [-0.3, -0.25) is 0 Å². The van der Waals surface area contributed by atoms with E-state index in [0.29, 0.717) is 5.02 Å². The van der Waals surface area contributed by atoms with Crippen LogP contribution in [0.15, 0.2) is 24.3 Å². The molecule has 0 unspecified atom stereocenters. The Morgan fingerprint density at radius 3 is 2.67 bits per heavy atom. The maximum atomic E-state index is 9.09. The third-order valence-corrected chi connectivity index (χ3v) is 2.88. The van der Waals surface area contributed by atoms with Crippen molar-refractivity contribution in [3.05, 3.63) is 34.9 Å². The SMILES string of the molecule is CCCCC[C@H](C#N)c1ccccc1Cl. The zero-order valence-corrected chi connectivity index (χ0v) is 9.80. The number of hydrogen-bond acceptors (Lipinski definition) is 1. The summed E-state index contributed by atoms with van der Waals surface area (Å²) in [6.07, 6.45) is 4.37. The van der Waals surface area contributed by atoms with Crippen molar-refractivity contribution >= 4 is 11.6 Å². The van der Waals surface area contributed by atoms with Gasteiger partial charge in [0.25, 0.3) is 0 Å². The molecule has 0 saturated carbocycles. The second-order valence-electron chi connectivity index (χ2n) is 3.70. The highest BCUT2D eigenvalue weighted by Crippen LogP contribution is 2.27. The Kier molecular flexibility index (Phi) is 5.21. The third kappa shape index (κ3) is 3.57. The first-order chi connectivity index (χ1) is 7.29. The summed E-state index contributed by atoms with van der Waals surface area (Å²) >= 11 is 6.06. The van der Waals surface area contributed by atoms with E-state index in [-0.39, 0.29) is 5.92 Å². The maximum Gasteiger partial charge on any atom is 0.0727 e. The second-order valence-corrected chi connectivity index (χ2v) is 4.11. The van der Waals surface area contributed by atoms with Crippen LogP contribution < -0.4 is 0 Å². The Bertz CT molecular complexity index is 341. The summed E-state index contributed by atoms with van der Waals surface area (Å²) in [6.45, 7) is 2.16. The van der Waals surface area contributed by atoms with Crippen LogP contribution in [0.25, 0.3) is 0 Å². The van der Waals surface area contributed by atoms with Crippen molar-refractivity contribution in [1.29, 1.82) is 5.26 Å². The first-order valence-corrected chi connectivity index (χ1v) is 5.81. The molecule has 0 aliphatic rings. The minimum Gasteiger partial charge on any atom is -0.198 e. The number of rotatable bonds is 5. The molecule has 80 valence electrons. The molecule has 0 aliphatic heterocycles. The lowest BCUT2D eigenvalue weighted by molar-refractivity contribution is 0.634. The molecule has 0 N–H and O–H groups in total. The lowest BCUT2D eigenvalue weighted by Gasteiger charge is -2.10. The number of halogens is 1. The van der Waals surface area contributed by atoms with Crippen LogP contribution in [0.2, 0.25) is 5.02 Å². The highest BCUT2D eigenvalue weighted by atomic mass is 35.5. The van der Waals surface area contributed by atoms with Gasteiger partial charge in [0.05, 0.1) is 12.0 Å². The van der Waals surface area contributed by atoms with E-state index >= 15 is 0 Å². The van der Waals surface area contributed by atoms with Crippen molar-refractivity contribution < 1.29 is 0 Å². The summed E-state index contributed by atoms with van der Waals surface area (Å²) < 4.78 is 0. The summed E-state index contributed by atoms with van der Waals surface area (Å²) in [4.78, 5) is 0. The van der Waals surface area contributed by atoms with Gasteiger partial charge in [0.15, 0.2) is 0 Å². The number of unbranched alkanes of at least 4 members (excludes halogenated alkanes) is 2. The van der Waals surface area contributed by atoms with Gasteiger partial charge in [-0.15, -0.1) is 0 Å². The summed E-state index contributed by atoms with van der Waals surface area (Å²) in [5.74, 6) is -0.0507. The molecule has 1 rings (SSSR count). The van der Waals surface area contributed by atoms with Crippen LogP contribution in [-0.2, 0) is 0 Å². The second kappa shape index (κ2) is 6.48. The van der Waals surface area contributed by atoms with E-state index in [4.69, 9.17) is 16.9 Å². The predicted molar refractivity (Wildman–Crippen MR) is 63.9 cm³/mol. The third-order valence-electron chi connectivity index (χ3n) is 2.53. The number of nitriles is 1. The van der Waals surface area contributed by atoms with Gasteiger partial charge in [0.1, 0.15) is 0 Å². The number of benzene rings is 1. The number of hydrogen-bond donors (Lipinski definition) is 0. The topological polar surface area (TPSA) is 23.8 Å². The summed E-state index contributed by atoms with van der Waals surface area (Å²) in [5.41, 5.74) is 0.970. The molecular weight excluding hydrogens is 206 g/mol. The molecule has 1 nitrogen and oxygen atoms in total. The summed E-state index contributed by atoms with van der Waals surface area (Å²) in [6, 6.07) is 9.96. The van der Waals surface area contributed by atoms with Crippen molar-refractivity contribution in [1.82, 2.24) is 0 Å². The molecule has 0 aliphatic carbocycles. The van der Waals surface area contributed by atoms with Gasteiger partial charge >= 0.3 is 0 Å². The van der Waals surface area contributed by atoms with Crippen LogP contribution in [-0.4, -0.2) is 0 Å². The lowest BCUT2D eigenvalue weighted by Crippen LogP contribution is -1.96. The van der Waals surface area contributed by atoms with Crippen molar-refractivity contribution in [2.75, 3.05) is 0 Å². The molecule has 15 heavy (non-hydrogen) atoms. The minimum atomic E-state index is -0.0507. The van der Waals surface area contributed by atoms with Crippen LogP contribution in [0.5, 0.6) is 0 Å². The molecule has 1 atom stereocenters. The molecule has 0 heterocycles. The van der Waals surface area contributed by atoms with E-state index in [1.165, 1.54) is 12.8 Å². The highest BCUT2D eigenvalue weighted by Gasteiger charge is 2.12. The highest BCUT2D eigenvalue weighted by molar-refractivity contribution is 6.31. The largest absolute Gasteiger partial charge is 0.198 e. The normalized spacial score (nSPS) is 12.1. The van der Waals surface area contributed by atoms with Gasteiger partial charge < -0.3 is 0 Å². The molecule has 0 spiro atoms. The zero-order valence-electron chi connectivity index (χ0n) is 9.04. The molecule has 1 aromatic rings. The van der Waals surface area contributed by atoms with Crippen molar-refractivity contribution in [3.63, 3.8) is 0 Å². The molecule has 0 amide bonds. The van der Waals surface area contributed by atoms with E-state index < -0.39 is 0 Å². The van der Waals surface area contributed by atoms with Crippen LogP contribution in [0.4, 0.5) is 0 Å². The van der Waals surface area contributed by atoms with Gasteiger partial charge in [-0.1, -0.05) is 56.0 Å². The van der Waals surface area contributed by atoms with E-state index in [1.807, 2.05) is 24.3 Å². The van der Waals surface area contributed by atoms with Gasteiger partial charge in [0.2, 0.25) is 0 Å². The Hall–Kier alpha value is -1.00.